The van der Waals surface area contributed by atoms with E-state index in [1.54, 1.807) is 19.3 Å². The number of aromatic amines is 1. The molecule has 2 heterocycles. The number of hydrogen-bond acceptors (Lipinski definition) is 4. The van der Waals surface area contributed by atoms with E-state index in [0.29, 0.717) is 6.54 Å². The van der Waals surface area contributed by atoms with Crippen molar-refractivity contribution in [2.45, 2.75) is 6.54 Å². The first-order valence-corrected chi connectivity index (χ1v) is 5.60. The van der Waals surface area contributed by atoms with Gasteiger partial charge in [0.05, 0.1) is 6.54 Å². The second-order valence-corrected chi connectivity index (χ2v) is 4.07. The number of aromatic nitrogens is 3. The third kappa shape index (κ3) is 2.60. The van der Waals surface area contributed by atoms with E-state index in [9.17, 15) is 9.59 Å². The summed E-state index contributed by atoms with van der Waals surface area (Å²) in [5.41, 5.74) is -0.247. The van der Waals surface area contributed by atoms with Gasteiger partial charge in [0.25, 0.3) is 5.56 Å². The van der Waals surface area contributed by atoms with Crippen LogP contribution in [0.4, 0.5) is 5.82 Å². The van der Waals surface area contributed by atoms with Crippen LogP contribution in [0.2, 0.25) is 5.02 Å². The van der Waals surface area contributed by atoms with E-state index in [2.05, 4.69) is 15.3 Å². The highest BCUT2D eigenvalue weighted by atomic mass is 35.5. The molecule has 0 bridgehead atoms. The zero-order chi connectivity index (χ0) is 13.1. The second-order valence-electron chi connectivity index (χ2n) is 3.67. The van der Waals surface area contributed by atoms with Crippen LogP contribution in [-0.4, -0.2) is 21.6 Å². The molecule has 0 aliphatic heterocycles. The fourth-order valence-electron chi connectivity index (χ4n) is 1.46. The van der Waals surface area contributed by atoms with Gasteiger partial charge >= 0.3 is 5.69 Å². The predicted molar refractivity (Wildman–Crippen MR) is 69.2 cm³/mol. The Labute approximate surface area is 107 Å². The highest BCUT2D eigenvalue weighted by molar-refractivity contribution is 6.30. The Kier molecular flexibility index (Phi) is 3.47. The summed E-state index contributed by atoms with van der Waals surface area (Å²) in [7, 11) is 1.77. The molecule has 0 saturated heterocycles. The van der Waals surface area contributed by atoms with Crippen LogP contribution in [-0.2, 0) is 6.54 Å². The Morgan fingerprint density at radius 1 is 1.44 bits per heavy atom. The summed E-state index contributed by atoms with van der Waals surface area (Å²) in [6.07, 6.45) is 2.96. The highest BCUT2D eigenvalue weighted by Gasteiger charge is 2.03. The lowest BCUT2D eigenvalue weighted by atomic mass is 10.3. The molecule has 0 fully saturated rings. The van der Waals surface area contributed by atoms with Gasteiger partial charge in [-0.1, -0.05) is 17.7 Å². The molecule has 0 atom stereocenters. The van der Waals surface area contributed by atoms with E-state index in [-0.39, 0.29) is 5.02 Å². The molecular formula is C11H11ClN4O2. The van der Waals surface area contributed by atoms with Crippen molar-refractivity contribution >= 4 is 17.4 Å². The van der Waals surface area contributed by atoms with Gasteiger partial charge in [0, 0.05) is 19.4 Å². The first-order valence-electron chi connectivity index (χ1n) is 5.22. The molecule has 0 radical (unpaired) electrons. The van der Waals surface area contributed by atoms with Gasteiger partial charge in [0.1, 0.15) is 10.8 Å². The van der Waals surface area contributed by atoms with Crippen LogP contribution >= 0.6 is 11.6 Å². The molecule has 0 spiro atoms. The number of hydrogen-bond donors (Lipinski definition) is 2. The minimum Gasteiger partial charge on any atom is -0.373 e. The Morgan fingerprint density at radius 3 is 2.83 bits per heavy atom. The van der Waals surface area contributed by atoms with Crippen LogP contribution in [0, 0.1) is 0 Å². The summed E-state index contributed by atoms with van der Waals surface area (Å²) in [6, 6.07) is 3.64. The summed E-state index contributed by atoms with van der Waals surface area (Å²) in [5, 5.41) is 2.88. The second kappa shape index (κ2) is 5.05. The highest BCUT2D eigenvalue weighted by Crippen LogP contribution is 2.05. The normalized spacial score (nSPS) is 10.3. The SMILES string of the molecule is CNc1ccc(Cn2cc(Cl)c(=O)[nH]c2=O)cn1. The summed E-state index contributed by atoms with van der Waals surface area (Å²) < 4.78 is 1.32. The van der Waals surface area contributed by atoms with Crippen molar-refractivity contribution in [3.63, 3.8) is 0 Å². The average Bonchev–Trinajstić information content (AvgIpc) is 2.37. The zero-order valence-corrected chi connectivity index (χ0v) is 10.4. The van der Waals surface area contributed by atoms with E-state index in [1.807, 2.05) is 6.07 Å². The van der Waals surface area contributed by atoms with Crippen molar-refractivity contribution in [2.75, 3.05) is 12.4 Å². The maximum absolute atomic E-state index is 11.5. The number of nitrogens with zero attached hydrogens (tertiary/aromatic N) is 2. The molecule has 2 rings (SSSR count). The van der Waals surface area contributed by atoms with E-state index in [0.717, 1.165) is 11.4 Å². The lowest BCUT2D eigenvalue weighted by Gasteiger charge is -2.06. The fraction of sp³-hybridized carbons (Fsp3) is 0.182. The maximum atomic E-state index is 11.5. The standard InChI is InChI=1S/C11H11ClN4O2/c1-13-9-3-2-7(4-14-9)5-16-6-8(12)10(17)15-11(16)18/h2-4,6H,5H2,1H3,(H,13,14)(H,15,17,18). The number of pyridine rings is 1. The van der Waals surface area contributed by atoms with Crippen molar-refractivity contribution in [3.8, 4) is 0 Å². The van der Waals surface area contributed by atoms with Crippen molar-refractivity contribution in [2.24, 2.45) is 0 Å². The lowest BCUT2D eigenvalue weighted by Crippen LogP contribution is -2.29. The molecular weight excluding hydrogens is 256 g/mol. The van der Waals surface area contributed by atoms with Crippen LogP contribution in [0.1, 0.15) is 5.56 Å². The molecule has 0 amide bonds. The number of nitrogens with one attached hydrogen (secondary N) is 2. The molecule has 0 unspecified atom stereocenters. The molecule has 2 N–H and O–H groups in total. The van der Waals surface area contributed by atoms with Crippen LogP contribution in [0.5, 0.6) is 0 Å². The minimum absolute atomic E-state index is 0.0191. The summed E-state index contributed by atoms with van der Waals surface area (Å²) >= 11 is 5.67. The third-order valence-electron chi connectivity index (χ3n) is 2.40. The topological polar surface area (TPSA) is 79.8 Å². The summed E-state index contributed by atoms with van der Waals surface area (Å²) in [6.45, 7) is 0.298. The molecule has 2 aromatic heterocycles. The Morgan fingerprint density at radius 2 is 2.22 bits per heavy atom. The molecule has 6 nitrogen and oxygen atoms in total. The molecule has 2 aromatic rings. The number of H-pyrrole nitrogens is 1. The van der Waals surface area contributed by atoms with Crippen LogP contribution in [0.25, 0.3) is 0 Å². The van der Waals surface area contributed by atoms with Crippen molar-refractivity contribution in [1.29, 1.82) is 0 Å². The first kappa shape index (κ1) is 12.4. The van der Waals surface area contributed by atoms with Crippen molar-refractivity contribution < 1.29 is 0 Å². The first-order chi connectivity index (χ1) is 8.60. The molecule has 18 heavy (non-hydrogen) atoms. The minimum atomic E-state index is -0.582. The van der Waals surface area contributed by atoms with Gasteiger partial charge in [0.15, 0.2) is 0 Å². The monoisotopic (exact) mass is 266 g/mol. The summed E-state index contributed by atoms with van der Waals surface area (Å²) in [4.78, 5) is 28.9. The van der Waals surface area contributed by atoms with Crippen LogP contribution < -0.4 is 16.6 Å². The van der Waals surface area contributed by atoms with Gasteiger partial charge in [-0.05, 0) is 11.6 Å². The number of rotatable bonds is 3. The number of anilines is 1. The van der Waals surface area contributed by atoms with E-state index < -0.39 is 11.2 Å². The van der Waals surface area contributed by atoms with Gasteiger partial charge < -0.3 is 5.32 Å². The van der Waals surface area contributed by atoms with Crippen LogP contribution in [0.3, 0.4) is 0 Å². The fourth-order valence-corrected chi connectivity index (χ4v) is 1.63. The van der Waals surface area contributed by atoms with Crippen molar-refractivity contribution in [1.82, 2.24) is 14.5 Å². The van der Waals surface area contributed by atoms with Gasteiger partial charge in [-0.15, -0.1) is 0 Å². The largest absolute Gasteiger partial charge is 0.373 e. The Balaban J connectivity index is 2.31. The zero-order valence-electron chi connectivity index (χ0n) is 9.61. The molecule has 94 valence electrons. The summed E-state index contributed by atoms with van der Waals surface area (Å²) in [5.74, 6) is 0.741. The van der Waals surface area contributed by atoms with Gasteiger partial charge in [0.2, 0.25) is 0 Å². The molecule has 0 aliphatic rings. The quantitative estimate of drug-likeness (QED) is 0.856. The number of halogens is 1. The van der Waals surface area contributed by atoms with Gasteiger partial charge in [-0.3, -0.25) is 14.3 Å². The molecule has 0 saturated carbocycles. The van der Waals surface area contributed by atoms with Gasteiger partial charge in [-0.2, -0.15) is 0 Å². The van der Waals surface area contributed by atoms with E-state index >= 15 is 0 Å². The Hall–Kier alpha value is -2.08. The molecule has 0 aromatic carbocycles. The Bertz CT molecular complexity index is 660. The van der Waals surface area contributed by atoms with Crippen LogP contribution in [0.15, 0.2) is 34.1 Å². The predicted octanol–water partition coefficient (Wildman–Crippen LogP) is 0.675. The third-order valence-corrected chi connectivity index (χ3v) is 2.67. The molecule has 0 aliphatic carbocycles. The van der Waals surface area contributed by atoms with Crippen molar-refractivity contribution in [3.05, 3.63) is 56.0 Å². The smallest absolute Gasteiger partial charge is 0.328 e. The van der Waals surface area contributed by atoms with E-state index in [4.69, 9.17) is 11.6 Å². The van der Waals surface area contributed by atoms with E-state index in [1.165, 1.54) is 10.8 Å². The molecule has 7 heteroatoms. The average molecular weight is 267 g/mol. The lowest BCUT2D eigenvalue weighted by molar-refractivity contribution is 0.718. The van der Waals surface area contributed by atoms with Gasteiger partial charge in [-0.25, -0.2) is 9.78 Å². The maximum Gasteiger partial charge on any atom is 0.328 e.